The zero-order valence-corrected chi connectivity index (χ0v) is 20.3. The van der Waals surface area contributed by atoms with Crippen LogP contribution in [-0.4, -0.2) is 50.9 Å². The lowest BCUT2D eigenvalue weighted by molar-refractivity contribution is 0.0786. The van der Waals surface area contributed by atoms with Gasteiger partial charge in [0, 0.05) is 55.8 Å². The third kappa shape index (κ3) is 5.25. The predicted octanol–water partition coefficient (Wildman–Crippen LogP) is 4.87. The number of hydrogen-bond acceptors (Lipinski definition) is 6. The molecule has 36 heavy (non-hydrogen) atoms. The Morgan fingerprint density at radius 2 is 1.47 bits per heavy atom. The minimum atomic E-state index is -0.183. The molecule has 0 aliphatic carbocycles. The van der Waals surface area contributed by atoms with Gasteiger partial charge in [-0.15, -0.1) is 0 Å². The van der Waals surface area contributed by atoms with Crippen molar-refractivity contribution in [2.24, 2.45) is 0 Å². The average molecular weight is 480 g/mol. The second kappa shape index (κ2) is 11.1. The van der Waals surface area contributed by atoms with Crippen molar-refractivity contribution in [2.45, 2.75) is 31.1 Å². The summed E-state index contributed by atoms with van der Waals surface area (Å²) >= 11 is 0. The summed E-state index contributed by atoms with van der Waals surface area (Å²) in [6, 6.07) is 19.5. The van der Waals surface area contributed by atoms with Gasteiger partial charge in [-0.25, -0.2) is 9.97 Å². The van der Waals surface area contributed by atoms with Crippen LogP contribution in [0.1, 0.15) is 64.1 Å². The van der Waals surface area contributed by atoms with Crippen molar-refractivity contribution in [1.29, 1.82) is 0 Å². The predicted molar refractivity (Wildman–Crippen MR) is 137 cm³/mol. The van der Waals surface area contributed by atoms with Crippen molar-refractivity contribution in [3.05, 3.63) is 114 Å². The second-order valence-electron chi connectivity index (χ2n) is 8.97. The average Bonchev–Trinajstić information content (AvgIpc) is 3.49. The van der Waals surface area contributed by atoms with Crippen LogP contribution in [0.2, 0.25) is 0 Å². The van der Waals surface area contributed by atoms with E-state index < -0.39 is 0 Å². The van der Waals surface area contributed by atoms with E-state index in [1.54, 1.807) is 25.6 Å². The molecule has 0 N–H and O–H groups in total. The molecule has 4 aromatic rings. The van der Waals surface area contributed by atoms with Crippen LogP contribution in [0.3, 0.4) is 0 Å². The van der Waals surface area contributed by atoms with E-state index >= 15 is 0 Å². The molecule has 1 amide bonds. The maximum Gasteiger partial charge on any atom is 0.272 e. The fourth-order valence-electron chi connectivity index (χ4n) is 4.84. The highest BCUT2D eigenvalue weighted by molar-refractivity contribution is 5.92. The molecule has 5 rings (SSSR count). The molecule has 0 aromatic carbocycles. The van der Waals surface area contributed by atoms with E-state index in [-0.39, 0.29) is 17.7 Å². The lowest BCUT2D eigenvalue weighted by Gasteiger charge is -2.24. The molecule has 1 aliphatic heterocycles. The molecule has 1 fully saturated rings. The molecule has 7 nitrogen and oxygen atoms in total. The normalized spacial score (nSPS) is 14.1. The first-order valence-corrected chi connectivity index (χ1v) is 12.3. The first-order chi connectivity index (χ1) is 17.7. The van der Waals surface area contributed by atoms with Gasteiger partial charge >= 0.3 is 0 Å². The number of ether oxygens (including phenoxy) is 1. The SMILES string of the molecule is COc1cccc(C(CC(c2cccnc2)c2cccnc2)c2cccc(C(=O)N3CCCC3)n2)n1. The standard InChI is InChI=1S/C29H29N5O2/c1-36-28-13-5-11-26(33-28)24(25-10-4-12-27(32-25)29(35)34-16-2-3-17-34)18-23(21-8-6-14-30-19-21)22-9-7-15-31-20-22/h4-15,19-20,23-24H,2-3,16-18H2,1H3. The zero-order valence-electron chi connectivity index (χ0n) is 20.3. The van der Waals surface area contributed by atoms with Crippen molar-refractivity contribution in [2.75, 3.05) is 20.2 Å². The summed E-state index contributed by atoms with van der Waals surface area (Å²) in [6.07, 6.45) is 10.1. The summed E-state index contributed by atoms with van der Waals surface area (Å²) in [5.74, 6) is 0.353. The Labute approximate surface area is 211 Å². The second-order valence-corrected chi connectivity index (χ2v) is 8.97. The number of nitrogens with zero attached hydrogens (tertiary/aromatic N) is 5. The number of methoxy groups -OCH3 is 1. The summed E-state index contributed by atoms with van der Waals surface area (Å²) < 4.78 is 5.43. The van der Waals surface area contributed by atoms with Gasteiger partial charge in [-0.3, -0.25) is 14.8 Å². The van der Waals surface area contributed by atoms with Gasteiger partial charge in [0.2, 0.25) is 5.88 Å². The Kier molecular flexibility index (Phi) is 7.26. The molecule has 1 atom stereocenters. The molecular formula is C29H29N5O2. The van der Waals surface area contributed by atoms with Gasteiger partial charge in [0.15, 0.2) is 0 Å². The van der Waals surface area contributed by atoms with Crippen LogP contribution in [0.15, 0.2) is 85.5 Å². The Morgan fingerprint density at radius 3 is 2.08 bits per heavy atom. The maximum atomic E-state index is 13.1. The molecule has 182 valence electrons. The fourth-order valence-corrected chi connectivity index (χ4v) is 4.84. The van der Waals surface area contributed by atoms with Crippen LogP contribution in [0.25, 0.3) is 0 Å². The molecule has 1 unspecified atom stereocenters. The number of aromatic nitrogens is 4. The van der Waals surface area contributed by atoms with E-state index in [2.05, 4.69) is 22.1 Å². The first kappa shape index (κ1) is 23.6. The van der Waals surface area contributed by atoms with Crippen LogP contribution in [-0.2, 0) is 0 Å². The number of hydrogen-bond donors (Lipinski definition) is 0. The van der Waals surface area contributed by atoms with Crippen molar-refractivity contribution in [3.8, 4) is 5.88 Å². The molecule has 0 radical (unpaired) electrons. The number of amides is 1. The highest BCUT2D eigenvalue weighted by Crippen LogP contribution is 2.37. The summed E-state index contributed by atoms with van der Waals surface area (Å²) in [5.41, 5.74) is 4.29. The van der Waals surface area contributed by atoms with E-state index in [0.29, 0.717) is 18.0 Å². The summed E-state index contributed by atoms with van der Waals surface area (Å²) in [6.45, 7) is 1.57. The molecular weight excluding hydrogens is 450 g/mol. The van der Waals surface area contributed by atoms with Crippen LogP contribution < -0.4 is 4.74 Å². The number of likely N-dealkylation sites (tertiary alicyclic amines) is 1. The fraction of sp³-hybridized carbons (Fsp3) is 0.276. The largest absolute Gasteiger partial charge is 0.481 e. The number of carbonyl (C=O) groups excluding carboxylic acids is 1. The molecule has 0 spiro atoms. The Hall–Kier alpha value is -4.13. The van der Waals surface area contributed by atoms with E-state index in [1.165, 1.54) is 0 Å². The highest BCUT2D eigenvalue weighted by atomic mass is 16.5. The Balaban J connectivity index is 1.57. The first-order valence-electron chi connectivity index (χ1n) is 12.3. The van der Waals surface area contributed by atoms with Crippen LogP contribution in [0.4, 0.5) is 0 Å². The number of rotatable bonds is 8. The maximum absolute atomic E-state index is 13.1. The van der Waals surface area contributed by atoms with Gasteiger partial charge in [-0.1, -0.05) is 24.3 Å². The smallest absolute Gasteiger partial charge is 0.272 e. The van der Waals surface area contributed by atoms with Gasteiger partial charge in [-0.2, -0.15) is 0 Å². The van der Waals surface area contributed by atoms with E-state index in [0.717, 1.165) is 48.4 Å². The van der Waals surface area contributed by atoms with Crippen LogP contribution in [0, 0.1) is 0 Å². The van der Waals surface area contributed by atoms with Gasteiger partial charge < -0.3 is 9.64 Å². The minimum Gasteiger partial charge on any atom is -0.481 e. The van der Waals surface area contributed by atoms with Crippen molar-refractivity contribution in [1.82, 2.24) is 24.8 Å². The van der Waals surface area contributed by atoms with Crippen LogP contribution in [0.5, 0.6) is 5.88 Å². The van der Waals surface area contributed by atoms with Gasteiger partial charge in [0.25, 0.3) is 5.91 Å². The lowest BCUT2D eigenvalue weighted by Crippen LogP contribution is -2.28. The van der Waals surface area contributed by atoms with Crippen molar-refractivity contribution < 1.29 is 9.53 Å². The molecule has 7 heteroatoms. The highest BCUT2D eigenvalue weighted by Gasteiger charge is 2.27. The van der Waals surface area contributed by atoms with Gasteiger partial charge in [0.05, 0.1) is 18.5 Å². The van der Waals surface area contributed by atoms with Gasteiger partial charge in [-0.05, 0) is 60.7 Å². The van der Waals surface area contributed by atoms with E-state index in [1.807, 2.05) is 59.8 Å². The quantitative estimate of drug-likeness (QED) is 0.359. The van der Waals surface area contributed by atoms with Crippen molar-refractivity contribution in [3.63, 3.8) is 0 Å². The molecule has 4 aromatic heterocycles. The Bertz CT molecular complexity index is 1250. The molecule has 1 saturated heterocycles. The summed E-state index contributed by atoms with van der Waals surface area (Å²) in [5, 5.41) is 0. The molecule has 0 bridgehead atoms. The molecule has 0 saturated carbocycles. The monoisotopic (exact) mass is 479 g/mol. The molecule has 1 aliphatic rings. The van der Waals surface area contributed by atoms with Crippen LogP contribution >= 0.6 is 0 Å². The summed E-state index contributed by atoms with van der Waals surface area (Å²) in [4.78, 5) is 33.4. The number of carbonyl (C=O) groups is 1. The minimum absolute atomic E-state index is 0.00476. The molecule has 5 heterocycles. The van der Waals surface area contributed by atoms with E-state index in [9.17, 15) is 4.79 Å². The lowest BCUT2D eigenvalue weighted by atomic mass is 9.82. The topological polar surface area (TPSA) is 81.1 Å². The third-order valence-electron chi connectivity index (χ3n) is 6.70. The third-order valence-corrected chi connectivity index (χ3v) is 6.70. The van der Waals surface area contributed by atoms with Crippen molar-refractivity contribution >= 4 is 5.91 Å². The Morgan fingerprint density at radius 1 is 0.833 bits per heavy atom. The van der Waals surface area contributed by atoms with E-state index in [4.69, 9.17) is 14.7 Å². The number of pyridine rings is 4. The van der Waals surface area contributed by atoms with Gasteiger partial charge in [0.1, 0.15) is 5.69 Å². The zero-order chi connectivity index (χ0) is 24.7. The summed E-state index contributed by atoms with van der Waals surface area (Å²) in [7, 11) is 1.61.